The van der Waals surface area contributed by atoms with Gasteiger partial charge in [0.2, 0.25) is 0 Å². The Morgan fingerprint density at radius 2 is 1.73 bits per heavy atom. The fourth-order valence-electron chi connectivity index (χ4n) is 1.04. The third kappa shape index (κ3) is 5.32. The van der Waals surface area contributed by atoms with Crippen LogP contribution >= 0.6 is 34.8 Å². The van der Waals surface area contributed by atoms with Crippen LogP contribution in [0.2, 0.25) is 0 Å². The quantitative estimate of drug-likeness (QED) is 0.608. The Kier molecular flexibility index (Phi) is 4.33. The van der Waals surface area contributed by atoms with Crippen LogP contribution in [0, 0.1) is 3.57 Å². The Morgan fingerprint density at radius 3 is 2.20 bits per heavy atom. The van der Waals surface area contributed by atoms with Gasteiger partial charge in [0.25, 0.3) is 0 Å². The van der Waals surface area contributed by atoms with Crippen LogP contribution in [0.5, 0.6) is 0 Å². The summed E-state index contributed by atoms with van der Waals surface area (Å²) in [5, 5.41) is 7.00. The fourth-order valence-corrected chi connectivity index (χ4v) is 1.82. The van der Waals surface area contributed by atoms with Crippen molar-refractivity contribution in [1.82, 2.24) is 5.32 Å². The topological polar surface area (TPSA) is 24.1 Å². The van der Waals surface area contributed by atoms with Gasteiger partial charge in [-0.25, -0.2) is 0 Å². The lowest BCUT2D eigenvalue weighted by Gasteiger charge is -2.23. The first-order chi connectivity index (χ1) is 6.87. The zero-order chi connectivity index (χ0) is 11.5. The first-order valence-corrected chi connectivity index (χ1v) is 6.20. The molecule has 4 heteroatoms. The van der Waals surface area contributed by atoms with Gasteiger partial charge < -0.3 is 10.6 Å². The minimum atomic E-state index is -0.00666. The van der Waals surface area contributed by atoms with Crippen LogP contribution in [0.1, 0.15) is 20.8 Å². The molecular formula is C11H15IN2S. The second-order valence-electron chi connectivity index (χ2n) is 4.34. The molecule has 82 valence electrons. The number of rotatable bonds is 1. The number of hydrogen-bond donors (Lipinski definition) is 2. The number of benzene rings is 1. The van der Waals surface area contributed by atoms with Gasteiger partial charge in [0.15, 0.2) is 5.11 Å². The molecular weight excluding hydrogens is 319 g/mol. The van der Waals surface area contributed by atoms with Gasteiger partial charge in [0.1, 0.15) is 0 Å². The van der Waals surface area contributed by atoms with Crippen LogP contribution in [0.15, 0.2) is 24.3 Å². The molecule has 0 aliphatic rings. The lowest BCUT2D eigenvalue weighted by atomic mass is 10.1. The van der Waals surface area contributed by atoms with E-state index in [1.807, 2.05) is 24.3 Å². The molecule has 0 saturated heterocycles. The molecule has 0 amide bonds. The highest BCUT2D eigenvalue weighted by atomic mass is 127. The van der Waals surface area contributed by atoms with Crippen molar-refractivity contribution in [3.63, 3.8) is 0 Å². The number of hydrogen-bond acceptors (Lipinski definition) is 1. The monoisotopic (exact) mass is 334 g/mol. The predicted molar refractivity (Wildman–Crippen MR) is 78.3 cm³/mol. The minimum Gasteiger partial charge on any atom is -0.358 e. The molecule has 0 aromatic heterocycles. The van der Waals surface area contributed by atoms with E-state index in [1.165, 1.54) is 3.57 Å². The van der Waals surface area contributed by atoms with E-state index >= 15 is 0 Å². The standard InChI is InChI=1S/C11H15IN2S/c1-11(2,3)14-10(15)13-9-6-4-8(12)5-7-9/h4-7H,1-3H3,(H2,13,14,15). The van der Waals surface area contributed by atoms with Gasteiger partial charge in [0, 0.05) is 14.8 Å². The molecule has 15 heavy (non-hydrogen) atoms. The summed E-state index contributed by atoms with van der Waals surface area (Å²) in [5.41, 5.74) is 1.00. The molecule has 0 aliphatic heterocycles. The number of anilines is 1. The molecule has 0 unspecified atom stereocenters. The molecule has 1 aromatic rings. The third-order valence-corrected chi connectivity index (χ3v) is 2.51. The predicted octanol–water partition coefficient (Wildman–Crippen LogP) is 3.38. The largest absolute Gasteiger partial charge is 0.358 e. The van der Waals surface area contributed by atoms with E-state index in [4.69, 9.17) is 12.2 Å². The van der Waals surface area contributed by atoms with E-state index in [1.54, 1.807) is 0 Å². The van der Waals surface area contributed by atoms with Crippen molar-refractivity contribution >= 4 is 45.6 Å². The second-order valence-corrected chi connectivity index (χ2v) is 5.99. The summed E-state index contributed by atoms with van der Waals surface area (Å²) in [6.07, 6.45) is 0. The van der Waals surface area contributed by atoms with Gasteiger partial charge in [0.05, 0.1) is 0 Å². The molecule has 0 spiro atoms. The normalized spacial score (nSPS) is 10.9. The summed E-state index contributed by atoms with van der Waals surface area (Å²) in [7, 11) is 0. The smallest absolute Gasteiger partial charge is 0.171 e. The van der Waals surface area contributed by atoms with Crippen molar-refractivity contribution in [3.05, 3.63) is 27.8 Å². The van der Waals surface area contributed by atoms with E-state index in [-0.39, 0.29) is 5.54 Å². The zero-order valence-corrected chi connectivity index (χ0v) is 12.1. The van der Waals surface area contributed by atoms with Crippen LogP contribution in [0.25, 0.3) is 0 Å². The molecule has 2 N–H and O–H groups in total. The van der Waals surface area contributed by atoms with Crippen LogP contribution in [0.3, 0.4) is 0 Å². The summed E-state index contributed by atoms with van der Waals surface area (Å²) >= 11 is 7.47. The first-order valence-electron chi connectivity index (χ1n) is 4.71. The molecule has 0 heterocycles. The fraction of sp³-hybridized carbons (Fsp3) is 0.364. The molecule has 1 aromatic carbocycles. The average Bonchev–Trinajstić information content (AvgIpc) is 2.05. The highest BCUT2D eigenvalue weighted by molar-refractivity contribution is 14.1. The highest BCUT2D eigenvalue weighted by Crippen LogP contribution is 2.11. The third-order valence-electron chi connectivity index (χ3n) is 1.59. The van der Waals surface area contributed by atoms with Crippen LogP contribution < -0.4 is 10.6 Å². The number of nitrogens with one attached hydrogen (secondary N) is 2. The van der Waals surface area contributed by atoms with Crippen molar-refractivity contribution in [2.24, 2.45) is 0 Å². The van der Waals surface area contributed by atoms with Crippen molar-refractivity contribution in [3.8, 4) is 0 Å². The van der Waals surface area contributed by atoms with Gasteiger partial charge in [-0.2, -0.15) is 0 Å². The van der Waals surface area contributed by atoms with Crippen molar-refractivity contribution in [1.29, 1.82) is 0 Å². The Hall–Kier alpha value is -0.360. The number of thiocarbonyl (C=S) groups is 1. The SMILES string of the molecule is CC(C)(C)NC(=S)Nc1ccc(I)cc1. The van der Waals surface area contributed by atoms with E-state index in [0.29, 0.717) is 5.11 Å². The lowest BCUT2D eigenvalue weighted by Crippen LogP contribution is -2.42. The van der Waals surface area contributed by atoms with E-state index in [0.717, 1.165) is 5.69 Å². The Bertz CT molecular complexity index is 341. The summed E-state index contributed by atoms with van der Waals surface area (Å²) < 4.78 is 1.22. The van der Waals surface area contributed by atoms with Crippen LogP contribution in [-0.2, 0) is 0 Å². The van der Waals surface area contributed by atoms with Crippen LogP contribution in [-0.4, -0.2) is 10.7 Å². The molecule has 0 radical (unpaired) electrons. The van der Waals surface area contributed by atoms with Gasteiger partial charge >= 0.3 is 0 Å². The maximum absolute atomic E-state index is 5.19. The second kappa shape index (κ2) is 5.12. The van der Waals surface area contributed by atoms with Crippen molar-refractivity contribution in [2.45, 2.75) is 26.3 Å². The summed E-state index contributed by atoms with van der Waals surface area (Å²) in [4.78, 5) is 0. The van der Waals surface area contributed by atoms with Gasteiger partial charge in [-0.15, -0.1) is 0 Å². The van der Waals surface area contributed by atoms with E-state index in [2.05, 4.69) is 54.0 Å². The van der Waals surface area contributed by atoms with Crippen LogP contribution in [0.4, 0.5) is 5.69 Å². The first kappa shape index (κ1) is 12.7. The van der Waals surface area contributed by atoms with Crippen molar-refractivity contribution < 1.29 is 0 Å². The Morgan fingerprint density at radius 1 is 1.20 bits per heavy atom. The molecule has 0 atom stereocenters. The highest BCUT2D eigenvalue weighted by Gasteiger charge is 2.10. The maximum atomic E-state index is 5.19. The molecule has 2 nitrogen and oxygen atoms in total. The average molecular weight is 334 g/mol. The summed E-state index contributed by atoms with van der Waals surface area (Å²) in [6.45, 7) is 6.23. The van der Waals surface area contributed by atoms with E-state index < -0.39 is 0 Å². The van der Waals surface area contributed by atoms with Gasteiger partial charge in [-0.05, 0) is 79.8 Å². The molecule has 1 rings (SSSR count). The maximum Gasteiger partial charge on any atom is 0.171 e. The molecule has 0 saturated carbocycles. The summed E-state index contributed by atoms with van der Waals surface area (Å²) in [6, 6.07) is 8.11. The molecule has 0 bridgehead atoms. The molecule has 0 aliphatic carbocycles. The molecule has 0 fully saturated rings. The zero-order valence-electron chi connectivity index (χ0n) is 9.10. The van der Waals surface area contributed by atoms with Crippen molar-refractivity contribution in [2.75, 3.05) is 5.32 Å². The lowest BCUT2D eigenvalue weighted by molar-refractivity contribution is 0.515. The summed E-state index contributed by atoms with van der Waals surface area (Å²) in [5.74, 6) is 0. The van der Waals surface area contributed by atoms with Gasteiger partial charge in [-0.1, -0.05) is 0 Å². The number of halogens is 1. The Balaban J connectivity index is 2.55. The van der Waals surface area contributed by atoms with Gasteiger partial charge in [-0.3, -0.25) is 0 Å². The Labute approximate surface area is 110 Å². The van der Waals surface area contributed by atoms with E-state index in [9.17, 15) is 0 Å². The minimum absolute atomic E-state index is 0.00666.